The molecule has 3 nitrogen and oxygen atoms in total. The summed E-state index contributed by atoms with van der Waals surface area (Å²) in [5, 5.41) is 3.70. The molecule has 1 aliphatic carbocycles. The number of nitrogens with one attached hydrogen (secondary N) is 1. The molecule has 1 aromatic heterocycles. The number of nitrogens with zero attached hydrogens (tertiary/aromatic N) is 1. The smallest absolute Gasteiger partial charge is 0.122 e. The molecule has 1 aromatic rings. The Bertz CT molecular complexity index is 406. The van der Waals surface area contributed by atoms with Gasteiger partial charge in [-0.05, 0) is 25.7 Å². The zero-order valence-corrected chi connectivity index (χ0v) is 12.4. The Hall–Kier alpha value is -1.09. The van der Waals surface area contributed by atoms with E-state index >= 15 is 0 Å². The van der Waals surface area contributed by atoms with E-state index in [4.69, 9.17) is 4.74 Å². The average molecular weight is 262 g/mol. The van der Waals surface area contributed by atoms with E-state index in [2.05, 4.69) is 17.2 Å². The second-order valence-corrected chi connectivity index (χ2v) is 5.58. The third-order valence-electron chi connectivity index (χ3n) is 4.19. The summed E-state index contributed by atoms with van der Waals surface area (Å²) in [7, 11) is 1.71. The molecule has 0 aromatic carbocycles. The Morgan fingerprint density at radius 1 is 1.32 bits per heavy atom. The van der Waals surface area contributed by atoms with E-state index < -0.39 is 0 Å². The first kappa shape index (κ1) is 14.3. The van der Waals surface area contributed by atoms with Gasteiger partial charge in [0.1, 0.15) is 5.75 Å². The Morgan fingerprint density at radius 2 is 2.11 bits per heavy atom. The maximum Gasteiger partial charge on any atom is 0.122 e. The Balaban J connectivity index is 1.95. The summed E-state index contributed by atoms with van der Waals surface area (Å²) >= 11 is 0. The lowest BCUT2D eigenvalue weighted by Crippen LogP contribution is -2.38. The standard InChI is InChI=1S/C16H26N2O/c1-4-13-7-5-6-8-16(13)17-11-14-10-15(19-3)9-12(2)18-14/h9-10,13,16-17H,4-8,11H2,1-3H3. The van der Waals surface area contributed by atoms with Gasteiger partial charge in [-0.2, -0.15) is 0 Å². The first-order valence-electron chi connectivity index (χ1n) is 7.48. The van der Waals surface area contributed by atoms with Crippen LogP contribution in [0.1, 0.15) is 50.4 Å². The SMILES string of the molecule is CCC1CCCCC1NCc1cc(OC)cc(C)n1. The van der Waals surface area contributed by atoms with E-state index in [0.29, 0.717) is 6.04 Å². The molecule has 2 atom stereocenters. The highest BCUT2D eigenvalue weighted by atomic mass is 16.5. The number of rotatable bonds is 5. The van der Waals surface area contributed by atoms with Gasteiger partial charge in [0.05, 0.1) is 12.8 Å². The van der Waals surface area contributed by atoms with Gasteiger partial charge in [0.15, 0.2) is 0 Å². The average Bonchev–Trinajstić information content (AvgIpc) is 2.44. The van der Waals surface area contributed by atoms with Crippen LogP contribution in [0.25, 0.3) is 0 Å². The van der Waals surface area contributed by atoms with E-state index in [0.717, 1.165) is 29.6 Å². The normalized spacial score (nSPS) is 23.3. The van der Waals surface area contributed by atoms with Crippen LogP contribution in [0.3, 0.4) is 0 Å². The zero-order valence-electron chi connectivity index (χ0n) is 12.4. The fourth-order valence-electron chi connectivity index (χ4n) is 3.11. The highest BCUT2D eigenvalue weighted by Crippen LogP contribution is 2.27. The zero-order chi connectivity index (χ0) is 13.7. The molecule has 2 unspecified atom stereocenters. The minimum Gasteiger partial charge on any atom is -0.497 e. The molecule has 1 aliphatic rings. The molecule has 106 valence electrons. The first-order chi connectivity index (χ1) is 9.22. The number of methoxy groups -OCH3 is 1. The third kappa shape index (κ3) is 3.93. The van der Waals surface area contributed by atoms with Crippen molar-refractivity contribution >= 4 is 0 Å². The van der Waals surface area contributed by atoms with Gasteiger partial charge in [0.25, 0.3) is 0 Å². The highest BCUT2D eigenvalue weighted by molar-refractivity contribution is 5.26. The molecular formula is C16H26N2O. The van der Waals surface area contributed by atoms with E-state index in [9.17, 15) is 0 Å². The predicted molar refractivity (Wildman–Crippen MR) is 78.4 cm³/mol. The largest absolute Gasteiger partial charge is 0.497 e. The minimum atomic E-state index is 0.659. The topological polar surface area (TPSA) is 34.1 Å². The van der Waals surface area contributed by atoms with Crippen molar-refractivity contribution in [2.75, 3.05) is 7.11 Å². The highest BCUT2D eigenvalue weighted by Gasteiger charge is 2.22. The Labute approximate surface area is 116 Å². The number of ether oxygens (including phenoxy) is 1. The quantitative estimate of drug-likeness (QED) is 0.882. The molecular weight excluding hydrogens is 236 g/mol. The van der Waals surface area contributed by atoms with Gasteiger partial charge in [-0.25, -0.2) is 0 Å². The van der Waals surface area contributed by atoms with Crippen LogP contribution in [-0.2, 0) is 6.54 Å². The van der Waals surface area contributed by atoms with Crippen molar-refractivity contribution in [3.63, 3.8) is 0 Å². The fraction of sp³-hybridized carbons (Fsp3) is 0.688. The predicted octanol–water partition coefficient (Wildman–Crippen LogP) is 3.46. The van der Waals surface area contributed by atoms with Gasteiger partial charge in [-0.15, -0.1) is 0 Å². The summed E-state index contributed by atoms with van der Waals surface area (Å²) in [6, 6.07) is 4.66. The molecule has 19 heavy (non-hydrogen) atoms. The summed E-state index contributed by atoms with van der Waals surface area (Å²) in [6.07, 6.45) is 6.72. The molecule has 0 bridgehead atoms. The van der Waals surface area contributed by atoms with Crippen LogP contribution >= 0.6 is 0 Å². The monoisotopic (exact) mass is 262 g/mol. The van der Waals surface area contributed by atoms with E-state index in [1.165, 1.54) is 32.1 Å². The van der Waals surface area contributed by atoms with Crippen LogP contribution in [0.2, 0.25) is 0 Å². The van der Waals surface area contributed by atoms with Crippen molar-refractivity contribution in [2.45, 2.75) is 58.5 Å². The molecule has 0 saturated heterocycles. The summed E-state index contributed by atoms with van der Waals surface area (Å²) in [6.45, 7) is 5.17. The van der Waals surface area contributed by atoms with Crippen molar-refractivity contribution in [1.82, 2.24) is 10.3 Å². The van der Waals surface area contributed by atoms with Crippen LogP contribution in [0.15, 0.2) is 12.1 Å². The first-order valence-corrected chi connectivity index (χ1v) is 7.48. The molecule has 0 radical (unpaired) electrons. The van der Waals surface area contributed by atoms with Crippen LogP contribution in [0.4, 0.5) is 0 Å². The van der Waals surface area contributed by atoms with Crippen molar-refractivity contribution in [1.29, 1.82) is 0 Å². The summed E-state index contributed by atoms with van der Waals surface area (Å²) in [5.41, 5.74) is 2.10. The summed E-state index contributed by atoms with van der Waals surface area (Å²) < 4.78 is 5.30. The lowest BCUT2D eigenvalue weighted by atomic mass is 9.83. The van der Waals surface area contributed by atoms with Crippen LogP contribution in [0, 0.1) is 12.8 Å². The molecule has 1 heterocycles. The van der Waals surface area contributed by atoms with Crippen LogP contribution in [-0.4, -0.2) is 18.1 Å². The van der Waals surface area contributed by atoms with E-state index in [1.807, 2.05) is 19.1 Å². The van der Waals surface area contributed by atoms with Crippen LogP contribution < -0.4 is 10.1 Å². The Kier molecular flexibility index (Phi) is 5.20. The number of hydrogen-bond acceptors (Lipinski definition) is 3. The number of pyridine rings is 1. The molecule has 0 aliphatic heterocycles. The van der Waals surface area contributed by atoms with Gasteiger partial charge < -0.3 is 10.1 Å². The van der Waals surface area contributed by atoms with Gasteiger partial charge >= 0.3 is 0 Å². The molecule has 0 spiro atoms. The molecule has 2 rings (SSSR count). The van der Waals surface area contributed by atoms with Crippen molar-refractivity contribution in [2.24, 2.45) is 5.92 Å². The molecule has 3 heteroatoms. The molecule has 0 amide bonds. The second-order valence-electron chi connectivity index (χ2n) is 5.58. The maximum absolute atomic E-state index is 5.30. The van der Waals surface area contributed by atoms with Gasteiger partial charge in [-0.1, -0.05) is 26.2 Å². The third-order valence-corrected chi connectivity index (χ3v) is 4.19. The second kappa shape index (κ2) is 6.90. The lowest BCUT2D eigenvalue weighted by molar-refractivity contribution is 0.253. The minimum absolute atomic E-state index is 0.659. The molecule has 1 fully saturated rings. The van der Waals surface area contributed by atoms with Crippen molar-refractivity contribution in [3.05, 3.63) is 23.5 Å². The number of aromatic nitrogens is 1. The van der Waals surface area contributed by atoms with E-state index in [1.54, 1.807) is 7.11 Å². The fourth-order valence-corrected chi connectivity index (χ4v) is 3.11. The van der Waals surface area contributed by atoms with E-state index in [-0.39, 0.29) is 0 Å². The molecule has 1 N–H and O–H groups in total. The van der Waals surface area contributed by atoms with Gasteiger partial charge in [0.2, 0.25) is 0 Å². The van der Waals surface area contributed by atoms with Crippen molar-refractivity contribution < 1.29 is 4.74 Å². The molecule has 1 saturated carbocycles. The number of aryl methyl sites for hydroxylation is 1. The van der Waals surface area contributed by atoms with Gasteiger partial charge in [0, 0.05) is 30.4 Å². The van der Waals surface area contributed by atoms with Crippen molar-refractivity contribution in [3.8, 4) is 5.75 Å². The lowest BCUT2D eigenvalue weighted by Gasteiger charge is -2.31. The summed E-state index contributed by atoms with van der Waals surface area (Å²) in [5.74, 6) is 1.74. The summed E-state index contributed by atoms with van der Waals surface area (Å²) in [4.78, 5) is 4.57. The Morgan fingerprint density at radius 3 is 2.84 bits per heavy atom. The van der Waals surface area contributed by atoms with Gasteiger partial charge in [-0.3, -0.25) is 4.98 Å². The maximum atomic E-state index is 5.30. The number of hydrogen-bond donors (Lipinski definition) is 1. The van der Waals surface area contributed by atoms with Crippen LogP contribution in [0.5, 0.6) is 5.75 Å².